The van der Waals surface area contributed by atoms with Gasteiger partial charge in [0.25, 0.3) is 0 Å². The maximum atomic E-state index is 4.61. The Kier molecular flexibility index (Phi) is 3.88. The van der Waals surface area contributed by atoms with E-state index >= 15 is 0 Å². The lowest BCUT2D eigenvalue weighted by Crippen LogP contribution is -2.07. The molecule has 106 valence electrons. The molecular weight excluding hydrogens is 278 g/mol. The fourth-order valence-electron chi connectivity index (χ4n) is 2.01. The third kappa shape index (κ3) is 3.23. The van der Waals surface area contributed by atoms with Crippen LogP contribution >= 0.6 is 11.3 Å². The molecule has 2 aromatic carbocycles. The van der Waals surface area contributed by atoms with Crippen molar-refractivity contribution in [3.8, 4) is 11.3 Å². The van der Waals surface area contributed by atoms with Gasteiger partial charge >= 0.3 is 0 Å². The zero-order chi connectivity index (χ0) is 14.7. The van der Waals surface area contributed by atoms with Gasteiger partial charge in [-0.1, -0.05) is 30.3 Å². The Balaban J connectivity index is 1.72. The Labute approximate surface area is 128 Å². The lowest BCUT2D eigenvalue weighted by molar-refractivity contribution is 1.31. The molecular formula is C17H17N3S. The fourth-order valence-corrected chi connectivity index (χ4v) is 2.68. The van der Waals surface area contributed by atoms with Gasteiger partial charge in [0.15, 0.2) is 0 Å². The van der Waals surface area contributed by atoms with Crippen LogP contribution in [0.25, 0.3) is 11.3 Å². The van der Waals surface area contributed by atoms with E-state index in [-0.39, 0.29) is 0 Å². The molecule has 3 aromatic rings. The van der Waals surface area contributed by atoms with E-state index in [2.05, 4.69) is 53.3 Å². The molecule has 0 aliphatic carbocycles. The molecule has 2 N–H and O–H groups in total. The number of hydrogen-bond donors (Lipinski definition) is 2. The highest BCUT2D eigenvalue weighted by Crippen LogP contribution is 2.26. The van der Waals surface area contributed by atoms with Crippen LogP contribution in [-0.4, -0.2) is 4.98 Å². The number of hydrogen-bond acceptors (Lipinski definition) is 4. The summed E-state index contributed by atoms with van der Waals surface area (Å²) in [4.78, 5) is 4.61. The van der Waals surface area contributed by atoms with Gasteiger partial charge in [0, 0.05) is 10.9 Å². The molecule has 0 aliphatic rings. The maximum absolute atomic E-state index is 4.61. The monoisotopic (exact) mass is 295 g/mol. The van der Waals surface area contributed by atoms with Crippen LogP contribution in [-0.2, 0) is 0 Å². The van der Waals surface area contributed by atoms with E-state index in [4.69, 9.17) is 0 Å². The molecule has 0 aliphatic heterocycles. The molecule has 0 saturated carbocycles. The van der Waals surface area contributed by atoms with Crippen molar-refractivity contribution in [2.24, 2.45) is 0 Å². The number of aromatic nitrogens is 1. The molecule has 0 radical (unpaired) electrons. The van der Waals surface area contributed by atoms with Gasteiger partial charge in [-0.15, -0.1) is 11.3 Å². The molecule has 0 fully saturated rings. The molecule has 0 atom stereocenters. The minimum atomic E-state index is 0.854. The summed E-state index contributed by atoms with van der Waals surface area (Å²) >= 11 is 1.59. The number of hydrazine groups is 1. The first-order valence-corrected chi connectivity index (χ1v) is 7.70. The minimum absolute atomic E-state index is 0.854. The van der Waals surface area contributed by atoms with E-state index in [1.165, 1.54) is 11.1 Å². The van der Waals surface area contributed by atoms with Gasteiger partial charge in [0.1, 0.15) is 0 Å². The topological polar surface area (TPSA) is 37.0 Å². The van der Waals surface area contributed by atoms with Crippen molar-refractivity contribution < 1.29 is 0 Å². The second-order valence-electron chi connectivity index (χ2n) is 4.95. The number of anilines is 2. The number of rotatable bonds is 4. The summed E-state index contributed by atoms with van der Waals surface area (Å²) in [5.74, 6) is 0. The third-order valence-electron chi connectivity index (χ3n) is 3.39. The van der Waals surface area contributed by atoms with Crippen molar-refractivity contribution in [3.63, 3.8) is 0 Å². The minimum Gasteiger partial charge on any atom is -0.299 e. The van der Waals surface area contributed by atoms with Crippen LogP contribution in [0, 0.1) is 13.8 Å². The van der Waals surface area contributed by atoms with E-state index < -0.39 is 0 Å². The van der Waals surface area contributed by atoms with Crippen molar-refractivity contribution in [3.05, 3.63) is 65.0 Å². The molecule has 3 rings (SSSR count). The van der Waals surface area contributed by atoms with E-state index in [9.17, 15) is 0 Å². The lowest BCUT2D eigenvalue weighted by atomic mass is 10.1. The molecule has 0 spiro atoms. The molecule has 4 heteroatoms. The number of nitrogens with zero attached hydrogens (tertiary/aromatic N) is 1. The van der Waals surface area contributed by atoms with Gasteiger partial charge in [0.2, 0.25) is 5.13 Å². The van der Waals surface area contributed by atoms with Crippen LogP contribution in [0.3, 0.4) is 0 Å². The Morgan fingerprint density at radius 3 is 2.48 bits per heavy atom. The molecule has 0 amide bonds. The van der Waals surface area contributed by atoms with Crippen LogP contribution in [0.2, 0.25) is 0 Å². The average molecular weight is 295 g/mol. The molecule has 21 heavy (non-hydrogen) atoms. The molecule has 1 heterocycles. The van der Waals surface area contributed by atoms with Crippen molar-refractivity contribution in [2.45, 2.75) is 13.8 Å². The van der Waals surface area contributed by atoms with Crippen LogP contribution in [0.5, 0.6) is 0 Å². The number of para-hydroxylation sites is 1. The average Bonchev–Trinajstić information content (AvgIpc) is 2.98. The summed E-state index contributed by atoms with van der Waals surface area (Å²) in [6.45, 7) is 4.25. The highest BCUT2D eigenvalue weighted by atomic mass is 32.1. The highest BCUT2D eigenvalue weighted by molar-refractivity contribution is 7.14. The van der Waals surface area contributed by atoms with Gasteiger partial charge in [0.05, 0.1) is 11.4 Å². The summed E-state index contributed by atoms with van der Waals surface area (Å²) in [7, 11) is 0. The summed E-state index contributed by atoms with van der Waals surface area (Å²) in [5, 5.41) is 2.92. The van der Waals surface area contributed by atoms with Gasteiger partial charge in [-0.25, -0.2) is 4.98 Å². The maximum Gasteiger partial charge on any atom is 0.202 e. The fraction of sp³-hybridized carbons (Fsp3) is 0.118. The van der Waals surface area contributed by atoms with Gasteiger partial charge in [-0.2, -0.15) is 0 Å². The third-order valence-corrected chi connectivity index (χ3v) is 4.15. The van der Waals surface area contributed by atoms with Crippen LogP contribution in [0.1, 0.15) is 11.1 Å². The SMILES string of the molecule is Cc1ccc(-c2csc(NNc3ccccc3)n2)cc1C. The van der Waals surface area contributed by atoms with Crippen LogP contribution in [0.15, 0.2) is 53.9 Å². The van der Waals surface area contributed by atoms with Crippen molar-refractivity contribution >= 4 is 22.2 Å². The van der Waals surface area contributed by atoms with Crippen LogP contribution in [0.4, 0.5) is 10.8 Å². The molecule has 0 unspecified atom stereocenters. The Morgan fingerprint density at radius 1 is 0.905 bits per heavy atom. The van der Waals surface area contributed by atoms with Crippen molar-refractivity contribution in [1.29, 1.82) is 0 Å². The van der Waals surface area contributed by atoms with Gasteiger partial charge in [-0.05, 0) is 43.2 Å². The predicted molar refractivity (Wildman–Crippen MR) is 90.7 cm³/mol. The summed E-state index contributed by atoms with van der Waals surface area (Å²) < 4.78 is 0. The number of nitrogens with one attached hydrogen (secondary N) is 2. The van der Waals surface area contributed by atoms with E-state index in [1.54, 1.807) is 11.3 Å². The first-order chi connectivity index (χ1) is 10.2. The van der Waals surface area contributed by atoms with Crippen LogP contribution < -0.4 is 10.9 Å². The predicted octanol–water partition coefficient (Wildman–Crippen LogP) is 4.87. The van der Waals surface area contributed by atoms with E-state index in [0.29, 0.717) is 0 Å². The lowest BCUT2D eigenvalue weighted by Gasteiger charge is -2.06. The number of thiazole rings is 1. The summed E-state index contributed by atoms with van der Waals surface area (Å²) in [5.41, 5.74) is 12.0. The zero-order valence-electron chi connectivity index (χ0n) is 12.1. The summed E-state index contributed by atoms with van der Waals surface area (Å²) in [6.07, 6.45) is 0. The standard InChI is InChI=1S/C17H17N3S/c1-12-8-9-14(10-13(12)2)16-11-21-17(18-16)20-19-15-6-4-3-5-7-15/h3-11,19H,1-2H3,(H,18,20). The van der Waals surface area contributed by atoms with E-state index in [1.807, 2.05) is 30.3 Å². The smallest absolute Gasteiger partial charge is 0.202 e. The Bertz CT molecular complexity index is 735. The second kappa shape index (κ2) is 5.97. The van der Waals surface area contributed by atoms with Gasteiger partial charge < -0.3 is 0 Å². The quantitative estimate of drug-likeness (QED) is 0.674. The molecule has 3 nitrogen and oxygen atoms in total. The largest absolute Gasteiger partial charge is 0.299 e. The Hall–Kier alpha value is -2.33. The second-order valence-corrected chi connectivity index (χ2v) is 5.81. The summed E-state index contributed by atoms with van der Waals surface area (Å²) in [6, 6.07) is 16.4. The first kappa shape index (κ1) is 13.6. The van der Waals surface area contributed by atoms with Gasteiger partial charge in [-0.3, -0.25) is 10.9 Å². The van der Waals surface area contributed by atoms with Crippen molar-refractivity contribution in [1.82, 2.24) is 4.98 Å². The molecule has 1 aromatic heterocycles. The molecule has 0 saturated heterocycles. The highest BCUT2D eigenvalue weighted by Gasteiger charge is 2.05. The molecule has 0 bridgehead atoms. The van der Waals surface area contributed by atoms with Crippen molar-refractivity contribution in [2.75, 3.05) is 10.9 Å². The number of aryl methyl sites for hydroxylation is 2. The Morgan fingerprint density at radius 2 is 1.71 bits per heavy atom. The number of benzene rings is 2. The normalized spacial score (nSPS) is 10.4. The first-order valence-electron chi connectivity index (χ1n) is 6.82. The van der Waals surface area contributed by atoms with E-state index in [0.717, 1.165) is 22.1 Å². The zero-order valence-corrected chi connectivity index (χ0v) is 12.9.